The van der Waals surface area contributed by atoms with Crippen LogP contribution in [0.25, 0.3) is 0 Å². The van der Waals surface area contributed by atoms with Crippen molar-refractivity contribution in [1.82, 2.24) is 4.72 Å². The second-order valence-electron chi connectivity index (χ2n) is 4.28. The van der Waals surface area contributed by atoms with Crippen molar-refractivity contribution in [1.29, 1.82) is 0 Å². The summed E-state index contributed by atoms with van der Waals surface area (Å²) in [5.41, 5.74) is 6.82. The molecule has 1 rings (SSSR count). The Hall–Kier alpha value is -0.980. The van der Waals surface area contributed by atoms with Crippen molar-refractivity contribution in [2.45, 2.75) is 38.1 Å². The van der Waals surface area contributed by atoms with Gasteiger partial charge in [-0.3, -0.25) is 0 Å². The Morgan fingerprint density at radius 1 is 1.50 bits per heavy atom. The van der Waals surface area contributed by atoms with Crippen molar-refractivity contribution in [2.24, 2.45) is 5.73 Å². The topological polar surface area (TPSA) is 72.2 Å². The van der Waals surface area contributed by atoms with Crippen LogP contribution in [-0.4, -0.2) is 19.4 Å². The molecular weight excluding hydrogens is 268 g/mol. The maximum absolute atomic E-state index is 12.1. The van der Waals surface area contributed by atoms with Crippen molar-refractivity contribution in [3.8, 4) is 0 Å². The highest BCUT2D eigenvalue weighted by molar-refractivity contribution is 7.89. The van der Waals surface area contributed by atoms with E-state index in [1.165, 1.54) is 6.07 Å². The fraction of sp³-hybridized carbons (Fsp3) is 0.417. The van der Waals surface area contributed by atoms with Gasteiger partial charge in [-0.15, -0.1) is 0 Å². The van der Waals surface area contributed by atoms with E-state index in [4.69, 9.17) is 18.0 Å². The van der Waals surface area contributed by atoms with E-state index in [0.29, 0.717) is 11.1 Å². The monoisotopic (exact) mass is 286 g/mol. The minimum atomic E-state index is -3.48. The first-order chi connectivity index (χ1) is 8.27. The van der Waals surface area contributed by atoms with E-state index in [1.807, 2.05) is 13.8 Å². The molecule has 4 nitrogen and oxygen atoms in total. The van der Waals surface area contributed by atoms with Crippen molar-refractivity contribution in [2.75, 3.05) is 0 Å². The predicted octanol–water partition coefficient (Wildman–Crippen LogP) is 1.71. The van der Waals surface area contributed by atoms with Gasteiger partial charge in [0.25, 0.3) is 0 Å². The Balaban J connectivity index is 3.14. The third-order valence-electron chi connectivity index (χ3n) is 2.72. The Labute approximate surface area is 114 Å². The van der Waals surface area contributed by atoms with Gasteiger partial charge in [-0.25, -0.2) is 13.1 Å². The van der Waals surface area contributed by atoms with Crippen LogP contribution in [0.4, 0.5) is 0 Å². The summed E-state index contributed by atoms with van der Waals surface area (Å²) >= 11 is 4.86. The van der Waals surface area contributed by atoms with Gasteiger partial charge in [0.05, 0.1) is 4.90 Å². The first-order valence-corrected chi connectivity index (χ1v) is 7.60. The number of nitrogens with two attached hydrogens (primary N) is 1. The molecule has 0 saturated carbocycles. The summed E-state index contributed by atoms with van der Waals surface area (Å²) in [4.78, 5) is 0.528. The summed E-state index contributed by atoms with van der Waals surface area (Å²) in [6, 6.07) is 4.76. The number of rotatable bonds is 5. The van der Waals surface area contributed by atoms with Gasteiger partial charge in [0.15, 0.2) is 0 Å². The lowest BCUT2D eigenvalue weighted by molar-refractivity contribution is 0.555. The first kappa shape index (κ1) is 15.1. The van der Waals surface area contributed by atoms with Gasteiger partial charge in [0.1, 0.15) is 4.99 Å². The molecule has 0 saturated heterocycles. The Bertz CT molecular complexity index is 553. The van der Waals surface area contributed by atoms with Crippen LogP contribution in [0.15, 0.2) is 23.1 Å². The summed E-state index contributed by atoms with van der Waals surface area (Å²) in [7, 11) is -3.48. The molecule has 0 radical (unpaired) electrons. The second kappa shape index (κ2) is 5.77. The Morgan fingerprint density at radius 3 is 2.56 bits per heavy atom. The lowest BCUT2D eigenvalue weighted by atomic mass is 10.1. The number of hydrogen-bond acceptors (Lipinski definition) is 3. The zero-order valence-electron chi connectivity index (χ0n) is 10.7. The Morgan fingerprint density at radius 2 is 2.11 bits per heavy atom. The van der Waals surface area contributed by atoms with E-state index in [1.54, 1.807) is 19.1 Å². The lowest BCUT2D eigenvalue weighted by Crippen LogP contribution is -2.32. The zero-order chi connectivity index (χ0) is 13.9. The molecule has 0 heterocycles. The van der Waals surface area contributed by atoms with Gasteiger partial charge in [0, 0.05) is 11.6 Å². The number of thiocarbonyl (C=S) groups is 1. The van der Waals surface area contributed by atoms with Gasteiger partial charge in [-0.1, -0.05) is 25.2 Å². The number of benzene rings is 1. The molecule has 18 heavy (non-hydrogen) atoms. The van der Waals surface area contributed by atoms with E-state index in [0.717, 1.165) is 6.42 Å². The molecule has 0 fully saturated rings. The Kier molecular flexibility index (Phi) is 4.84. The largest absolute Gasteiger partial charge is 0.389 e. The lowest BCUT2D eigenvalue weighted by Gasteiger charge is -2.14. The minimum Gasteiger partial charge on any atom is -0.389 e. The van der Waals surface area contributed by atoms with Crippen LogP contribution in [0, 0.1) is 6.92 Å². The molecule has 1 aromatic rings. The molecule has 0 spiro atoms. The number of aryl methyl sites for hydroxylation is 1. The summed E-state index contributed by atoms with van der Waals surface area (Å²) in [6.45, 7) is 5.49. The first-order valence-electron chi connectivity index (χ1n) is 5.70. The summed E-state index contributed by atoms with van der Waals surface area (Å²) in [5.74, 6) is 0. The van der Waals surface area contributed by atoms with Crippen LogP contribution < -0.4 is 10.5 Å². The fourth-order valence-electron chi connectivity index (χ4n) is 1.52. The quantitative estimate of drug-likeness (QED) is 0.808. The average molecular weight is 286 g/mol. The SMILES string of the molecule is CCC(C)NS(=O)(=O)c1ccc(C(N)=S)cc1C. The van der Waals surface area contributed by atoms with Gasteiger partial charge >= 0.3 is 0 Å². The molecule has 0 aliphatic carbocycles. The molecule has 3 N–H and O–H groups in total. The van der Waals surface area contributed by atoms with Crippen molar-refractivity contribution in [3.05, 3.63) is 29.3 Å². The third-order valence-corrected chi connectivity index (χ3v) is 4.70. The molecule has 0 aliphatic heterocycles. The van der Waals surface area contributed by atoms with E-state index < -0.39 is 10.0 Å². The smallest absolute Gasteiger partial charge is 0.241 e. The van der Waals surface area contributed by atoms with Crippen LogP contribution in [-0.2, 0) is 10.0 Å². The summed E-state index contributed by atoms with van der Waals surface area (Å²) < 4.78 is 26.9. The second-order valence-corrected chi connectivity index (χ2v) is 6.40. The van der Waals surface area contributed by atoms with E-state index in [9.17, 15) is 8.42 Å². The molecule has 1 unspecified atom stereocenters. The molecule has 1 atom stereocenters. The average Bonchev–Trinajstić information content (AvgIpc) is 2.27. The van der Waals surface area contributed by atoms with Crippen LogP contribution >= 0.6 is 12.2 Å². The number of nitrogens with one attached hydrogen (secondary N) is 1. The zero-order valence-corrected chi connectivity index (χ0v) is 12.4. The summed E-state index contributed by atoms with van der Waals surface area (Å²) in [5, 5.41) is 0. The molecule has 6 heteroatoms. The maximum atomic E-state index is 12.1. The predicted molar refractivity (Wildman–Crippen MR) is 77.1 cm³/mol. The van der Waals surface area contributed by atoms with Crippen molar-refractivity contribution < 1.29 is 8.42 Å². The molecule has 0 aliphatic rings. The van der Waals surface area contributed by atoms with Gasteiger partial charge in [-0.05, 0) is 38.0 Å². The molecular formula is C12H18N2O2S2. The molecule has 0 aromatic heterocycles. The van der Waals surface area contributed by atoms with Gasteiger partial charge in [0.2, 0.25) is 10.0 Å². The molecule has 0 amide bonds. The molecule has 0 bridgehead atoms. The highest BCUT2D eigenvalue weighted by Gasteiger charge is 2.19. The normalized spacial score (nSPS) is 13.3. The van der Waals surface area contributed by atoms with Crippen molar-refractivity contribution >= 4 is 27.2 Å². The van der Waals surface area contributed by atoms with Crippen LogP contribution in [0.2, 0.25) is 0 Å². The highest BCUT2D eigenvalue weighted by atomic mass is 32.2. The molecule has 1 aromatic carbocycles. The van der Waals surface area contributed by atoms with Gasteiger partial charge in [-0.2, -0.15) is 0 Å². The van der Waals surface area contributed by atoms with Crippen LogP contribution in [0.5, 0.6) is 0 Å². The molecule has 100 valence electrons. The third kappa shape index (κ3) is 3.51. The number of hydrogen-bond donors (Lipinski definition) is 2. The maximum Gasteiger partial charge on any atom is 0.241 e. The number of sulfonamides is 1. The van der Waals surface area contributed by atoms with Crippen LogP contribution in [0.3, 0.4) is 0 Å². The highest BCUT2D eigenvalue weighted by Crippen LogP contribution is 2.17. The summed E-state index contributed by atoms with van der Waals surface area (Å²) in [6.07, 6.45) is 0.739. The van der Waals surface area contributed by atoms with Crippen LogP contribution in [0.1, 0.15) is 31.4 Å². The standard InChI is InChI=1S/C12H18N2O2S2/c1-4-9(3)14-18(15,16)11-6-5-10(12(13)17)7-8(11)2/h5-7,9,14H,4H2,1-3H3,(H2,13,17). The van der Waals surface area contributed by atoms with E-state index in [-0.39, 0.29) is 15.9 Å². The van der Waals surface area contributed by atoms with E-state index >= 15 is 0 Å². The van der Waals surface area contributed by atoms with E-state index in [2.05, 4.69) is 4.72 Å². The minimum absolute atomic E-state index is 0.0929. The van der Waals surface area contributed by atoms with Crippen molar-refractivity contribution in [3.63, 3.8) is 0 Å². The fourth-order valence-corrected chi connectivity index (χ4v) is 3.20. The van der Waals surface area contributed by atoms with Gasteiger partial charge < -0.3 is 5.73 Å².